The third-order valence-corrected chi connectivity index (χ3v) is 1.01. The predicted molar refractivity (Wildman–Crippen MR) is 37.7 cm³/mol. The molecule has 0 aromatic heterocycles. The van der Waals surface area contributed by atoms with Crippen LogP contribution in [0.3, 0.4) is 0 Å². The summed E-state index contributed by atoms with van der Waals surface area (Å²) in [6, 6.07) is 0. The number of carbonyl (C=O) groups is 1. The molecular formula is C5H11NO2S. The van der Waals surface area contributed by atoms with Gasteiger partial charge < -0.3 is 0 Å². The van der Waals surface area contributed by atoms with E-state index in [4.69, 9.17) is 0 Å². The average molecular weight is 149 g/mol. The zero-order valence-electron chi connectivity index (χ0n) is 5.39. The highest BCUT2D eigenvalue weighted by atomic mass is 32.1. The molecule has 0 unspecified atom stereocenters. The molecule has 0 rings (SSSR count). The van der Waals surface area contributed by atoms with Crippen LogP contribution in [0.4, 0.5) is 0 Å². The largest absolute Gasteiger partial charge is 0.273 e. The van der Waals surface area contributed by atoms with E-state index in [0.29, 0.717) is 6.42 Å². The first-order chi connectivity index (χ1) is 4.31. The van der Waals surface area contributed by atoms with Crippen LogP contribution in [-0.2, 0) is 9.08 Å². The van der Waals surface area contributed by atoms with E-state index >= 15 is 0 Å². The molecule has 0 spiro atoms. The SMILES string of the molecule is CCCCC(=O)NOS. The number of thiol groups is 1. The van der Waals surface area contributed by atoms with Crippen molar-refractivity contribution in [3.8, 4) is 0 Å². The highest BCUT2D eigenvalue weighted by molar-refractivity contribution is 7.75. The van der Waals surface area contributed by atoms with Gasteiger partial charge in [-0.25, -0.2) is 9.76 Å². The van der Waals surface area contributed by atoms with Crippen LogP contribution in [0.2, 0.25) is 0 Å². The molecule has 0 saturated carbocycles. The highest BCUT2D eigenvalue weighted by Crippen LogP contribution is 1.92. The van der Waals surface area contributed by atoms with Gasteiger partial charge in [0.25, 0.3) is 0 Å². The minimum atomic E-state index is -0.119. The van der Waals surface area contributed by atoms with Crippen LogP contribution in [0.1, 0.15) is 26.2 Å². The van der Waals surface area contributed by atoms with Crippen molar-refractivity contribution in [2.24, 2.45) is 0 Å². The predicted octanol–water partition coefficient (Wildman–Crippen LogP) is 1.07. The summed E-state index contributed by atoms with van der Waals surface area (Å²) in [6.07, 6.45) is 2.42. The number of carbonyl (C=O) groups excluding carboxylic acids is 1. The fraction of sp³-hybridized carbons (Fsp3) is 0.800. The number of unbranched alkanes of at least 4 members (excludes halogenated alkanes) is 1. The number of hydrogen-bond donors (Lipinski definition) is 2. The molecule has 1 N–H and O–H groups in total. The quantitative estimate of drug-likeness (QED) is 0.356. The Kier molecular flexibility index (Phi) is 5.76. The van der Waals surface area contributed by atoms with Crippen LogP contribution in [0.25, 0.3) is 0 Å². The van der Waals surface area contributed by atoms with E-state index in [0.717, 1.165) is 12.8 Å². The highest BCUT2D eigenvalue weighted by Gasteiger charge is 1.96. The zero-order chi connectivity index (χ0) is 7.11. The van der Waals surface area contributed by atoms with Crippen LogP contribution in [0.5, 0.6) is 0 Å². The van der Waals surface area contributed by atoms with Crippen molar-refractivity contribution in [3.05, 3.63) is 0 Å². The van der Waals surface area contributed by atoms with Crippen LogP contribution < -0.4 is 5.48 Å². The van der Waals surface area contributed by atoms with E-state index in [1.807, 2.05) is 6.92 Å². The van der Waals surface area contributed by atoms with Crippen LogP contribution >= 0.6 is 12.9 Å². The van der Waals surface area contributed by atoms with Crippen molar-refractivity contribution < 1.29 is 9.08 Å². The topological polar surface area (TPSA) is 38.3 Å². The maximum absolute atomic E-state index is 10.5. The number of hydrogen-bond acceptors (Lipinski definition) is 3. The minimum absolute atomic E-state index is 0.119. The minimum Gasteiger partial charge on any atom is -0.273 e. The summed E-state index contributed by atoms with van der Waals surface area (Å²) in [5.74, 6) is -0.119. The molecule has 0 aliphatic rings. The zero-order valence-corrected chi connectivity index (χ0v) is 6.28. The summed E-state index contributed by atoms with van der Waals surface area (Å²) in [6.45, 7) is 2.02. The van der Waals surface area contributed by atoms with Crippen LogP contribution in [0, 0.1) is 0 Å². The summed E-state index contributed by atoms with van der Waals surface area (Å²) in [5.41, 5.74) is 2.11. The Morgan fingerprint density at radius 1 is 1.78 bits per heavy atom. The summed E-state index contributed by atoms with van der Waals surface area (Å²) in [5, 5.41) is 0. The van der Waals surface area contributed by atoms with Crippen molar-refractivity contribution in [1.82, 2.24) is 5.48 Å². The third-order valence-electron chi connectivity index (χ3n) is 0.917. The van der Waals surface area contributed by atoms with Gasteiger partial charge in [0.2, 0.25) is 5.91 Å². The van der Waals surface area contributed by atoms with E-state index in [9.17, 15) is 4.79 Å². The lowest BCUT2D eigenvalue weighted by Crippen LogP contribution is -2.19. The first-order valence-electron chi connectivity index (χ1n) is 2.90. The van der Waals surface area contributed by atoms with Crippen molar-refractivity contribution in [1.29, 1.82) is 0 Å². The Labute approximate surface area is 60.3 Å². The Morgan fingerprint density at radius 2 is 2.44 bits per heavy atom. The van der Waals surface area contributed by atoms with E-state index in [2.05, 4.69) is 22.7 Å². The molecule has 0 fully saturated rings. The molecule has 0 aliphatic carbocycles. The van der Waals surface area contributed by atoms with E-state index in [1.54, 1.807) is 0 Å². The lowest BCUT2D eigenvalue weighted by molar-refractivity contribution is -0.126. The molecule has 0 bridgehead atoms. The summed E-state index contributed by atoms with van der Waals surface area (Å²) in [4.78, 5) is 10.5. The second kappa shape index (κ2) is 5.91. The Morgan fingerprint density at radius 3 is 2.89 bits per heavy atom. The van der Waals surface area contributed by atoms with Gasteiger partial charge in [-0.1, -0.05) is 13.3 Å². The molecule has 4 heteroatoms. The Bertz CT molecular complexity index is 87.0. The van der Waals surface area contributed by atoms with Gasteiger partial charge in [0.15, 0.2) is 0 Å². The molecule has 0 heterocycles. The number of amides is 1. The number of nitrogens with one attached hydrogen (secondary N) is 1. The van der Waals surface area contributed by atoms with E-state index < -0.39 is 0 Å². The van der Waals surface area contributed by atoms with E-state index in [-0.39, 0.29) is 5.91 Å². The molecular weight excluding hydrogens is 138 g/mol. The van der Waals surface area contributed by atoms with Gasteiger partial charge >= 0.3 is 0 Å². The Balaban J connectivity index is 3.06. The monoisotopic (exact) mass is 149 g/mol. The molecule has 0 aromatic rings. The van der Waals surface area contributed by atoms with Crippen LogP contribution in [0.15, 0.2) is 0 Å². The van der Waals surface area contributed by atoms with Gasteiger partial charge in [-0.3, -0.25) is 4.79 Å². The summed E-state index contributed by atoms with van der Waals surface area (Å²) in [7, 11) is 0. The fourth-order valence-electron chi connectivity index (χ4n) is 0.439. The smallest absolute Gasteiger partial charge is 0.244 e. The van der Waals surface area contributed by atoms with Gasteiger partial charge in [0, 0.05) is 19.3 Å². The number of hydroxylamine groups is 1. The van der Waals surface area contributed by atoms with Crippen LogP contribution in [-0.4, -0.2) is 5.91 Å². The molecule has 0 atom stereocenters. The van der Waals surface area contributed by atoms with Crippen molar-refractivity contribution in [2.45, 2.75) is 26.2 Å². The fourth-order valence-corrected chi connectivity index (χ4v) is 0.541. The maximum atomic E-state index is 10.5. The van der Waals surface area contributed by atoms with Crippen molar-refractivity contribution in [3.63, 3.8) is 0 Å². The molecule has 1 amide bonds. The van der Waals surface area contributed by atoms with Gasteiger partial charge in [-0.05, 0) is 6.42 Å². The molecule has 9 heavy (non-hydrogen) atoms. The molecule has 0 aliphatic heterocycles. The normalized spacial score (nSPS) is 9.11. The van der Waals surface area contributed by atoms with Gasteiger partial charge in [0.1, 0.15) is 0 Å². The summed E-state index contributed by atoms with van der Waals surface area (Å²) < 4.78 is 4.10. The maximum Gasteiger partial charge on any atom is 0.244 e. The second-order valence-corrected chi connectivity index (χ2v) is 1.90. The van der Waals surface area contributed by atoms with Crippen molar-refractivity contribution >= 4 is 18.8 Å². The standard InChI is InChI=1S/C5H11NO2S/c1-2-3-4-5(7)6-8-9/h9H,2-4H2,1H3,(H,6,7). The first-order valence-corrected chi connectivity index (χ1v) is 3.27. The lowest BCUT2D eigenvalue weighted by atomic mass is 10.2. The lowest BCUT2D eigenvalue weighted by Gasteiger charge is -1.97. The first kappa shape index (κ1) is 8.78. The van der Waals surface area contributed by atoms with Gasteiger partial charge in [-0.15, -0.1) is 0 Å². The second-order valence-electron chi connectivity index (χ2n) is 1.72. The number of rotatable bonds is 4. The average Bonchev–Trinajstić information content (AvgIpc) is 1.85. The van der Waals surface area contributed by atoms with E-state index in [1.165, 1.54) is 0 Å². The third kappa shape index (κ3) is 5.65. The van der Waals surface area contributed by atoms with Gasteiger partial charge in [0.05, 0.1) is 0 Å². The molecule has 0 aromatic carbocycles. The van der Waals surface area contributed by atoms with Crippen molar-refractivity contribution in [2.75, 3.05) is 0 Å². The molecule has 0 saturated heterocycles. The molecule has 3 nitrogen and oxygen atoms in total. The molecule has 54 valence electrons. The Hall–Kier alpha value is -0.220. The van der Waals surface area contributed by atoms with Gasteiger partial charge in [-0.2, -0.15) is 0 Å². The molecule has 0 radical (unpaired) electrons. The summed E-state index contributed by atoms with van der Waals surface area (Å²) >= 11 is 3.35.